The third-order valence-corrected chi connectivity index (χ3v) is 6.51. The molecule has 2 aliphatic rings. The Bertz CT molecular complexity index is 573. The number of hydrogen-bond acceptors (Lipinski definition) is 5. The third-order valence-electron chi connectivity index (χ3n) is 5.65. The number of morpholine rings is 1. The van der Waals surface area contributed by atoms with Gasteiger partial charge < -0.3 is 15.4 Å². The van der Waals surface area contributed by atoms with Gasteiger partial charge in [0.05, 0.1) is 19.8 Å². The van der Waals surface area contributed by atoms with Crippen LogP contribution in [0.5, 0.6) is 0 Å². The van der Waals surface area contributed by atoms with Crippen molar-refractivity contribution < 1.29 is 4.74 Å². The van der Waals surface area contributed by atoms with E-state index in [9.17, 15) is 0 Å². The van der Waals surface area contributed by atoms with Gasteiger partial charge in [-0.05, 0) is 50.6 Å². The molecule has 1 aromatic heterocycles. The van der Waals surface area contributed by atoms with E-state index in [0.29, 0.717) is 12.0 Å². The second-order valence-corrected chi connectivity index (χ2v) is 8.95. The molecule has 0 amide bonds. The molecule has 0 spiro atoms. The number of piperidine rings is 1. The summed E-state index contributed by atoms with van der Waals surface area (Å²) in [6.45, 7) is 14.3. The number of guanidine groups is 1. The highest BCUT2D eigenvalue weighted by atomic mass is 32.1. The predicted octanol–water partition coefficient (Wildman–Crippen LogP) is 2.24. The zero-order valence-corrected chi connectivity index (χ0v) is 18.3. The second kappa shape index (κ2) is 11.8. The molecule has 0 bridgehead atoms. The molecule has 6 nitrogen and oxygen atoms in total. The van der Waals surface area contributed by atoms with Crippen LogP contribution < -0.4 is 10.6 Å². The van der Waals surface area contributed by atoms with Crippen LogP contribution in [0.1, 0.15) is 31.6 Å². The Morgan fingerprint density at radius 2 is 2.18 bits per heavy atom. The van der Waals surface area contributed by atoms with Crippen molar-refractivity contribution in [3.8, 4) is 0 Å². The molecular weight excluding hydrogens is 370 g/mol. The lowest BCUT2D eigenvalue weighted by atomic mass is 9.98. The average Bonchev–Trinajstić information content (AvgIpc) is 3.24. The van der Waals surface area contributed by atoms with Gasteiger partial charge in [0, 0.05) is 50.2 Å². The van der Waals surface area contributed by atoms with Crippen LogP contribution in [0.15, 0.2) is 22.5 Å². The number of ether oxygens (including phenoxy) is 1. The van der Waals surface area contributed by atoms with E-state index in [1.54, 1.807) is 0 Å². The molecule has 3 rings (SSSR count). The van der Waals surface area contributed by atoms with E-state index in [-0.39, 0.29) is 0 Å². The number of likely N-dealkylation sites (tertiary alicyclic amines) is 1. The van der Waals surface area contributed by atoms with Gasteiger partial charge in [0.2, 0.25) is 0 Å². The molecule has 2 atom stereocenters. The summed E-state index contributed by atoms with van der Waals surface area (Å²) >= 11 is 1.87. The Morgan fingerprint density at radius 3 is 2.93 bits per heavy atom. The molecule has 28 heavy (non-hydrogen) atoms. The minimum Gasteiger partial charge on any atom is -0.379 e. The van der Waals surface area contributed by atoms with Gasteiger partial charge in [0.25, 0.3) is 0 Å². The Morgan fingerprint density at radius 1 is 1.32 bits per heavy atom. The van der Waals surface area contributed by atoms with E-state index in [1.807, 2.05) is 11.3 Å². The normalized spacial score (nSPS) is 23.5. The van der Waals surface area contributed by atoms with Gasteiger partial charge in [-0.3, -0.25) is 14.8 Å². The number of nitrogens with zero attached hydrogens (tertiary/aromatic N) is 3. The summed E-state index contributed by atoms with van der Waals surface area (Å²) in [5.41, 5.74) is 0. The van der Waals surface area contributed by atoms with Gasteiger partial charge in [0.15, 0.2) is 5.96 Å². The molecule has 0 aromatic carbocycles. The third kappa shape index (κ3) is 7.03. The molecule has 2 fully saturated rings. The summed E-state index contributed by atoms with van der Waals surface area (Å²) in [4.78, 5) is 11.4. The fourth-order valence-corrected chi connectivity index (χ4v) is 4.77. The first-order chi connectivity index (χ1) is 13.7. The van der Waals surface area contributed by atoms with Crippen molar-refractivity contribution in [3.63, 3.8) is 0 Å². The maximum absolute atomic E-state index is 5.46. The Balaban J connectivity index is 1.44. The molecule has 158 valence electrons. The summed E-state index contributed by atoms with van der Waals surface area (Å²) < 4.78 is 5.46. The molecular formula is C21H37N5OS. The van der Waals surface area contributed by atoms with Crippen LogP contribution in [0.4, 0.5) is 0 Å². The lowest BCUT2D eigenvalue weighted by molar-refractivity contribution is 0.0220. The maximum Gasteiger partial charge on any atom is 0.191 e. The topological polar surface area (TPSA) is 52.1 Å². The van der Waals surface area contributed by atoms with Gasteiger partial charge in [-0.2, -0.15) is 0 Å². The van der Waals surface area contributed by atoms with E-state index >= 15 is 0 Å². The first kappa shape index (κ1) is 21.6. The van der Waals surface area contributed by atoms with Crippen LogP contribution in [0.25, 0.3) is 0 Å². The molecule has 3 heterocycles. The minimum absolute atomic E-state index is 0.454. The standard InChI is InChI=1S/C21H37N5OS/c1-3-22-21(23-14-18(2)26-9-11-27-12-10-26)24-15-19-6-4-8-25(16-19)17-20-7-5-13-28-20/h5,7,13,18-19H,3-4,6,8-12,14-17H2,1-2H3,(H2,22,23,24). The summed E-state index contributed by atoms with van der Waals surface area (Å²) in [5.74, 6) is 1.65. The molecule has 0 aliphatic carbocycles. The number of rotatable bonds is 8. The lowest BCUT2D eigenvalue weighted by Crippen LogP contribution is -2.46. The quantitative estimate of drug-likeness (QED) is 0.511. The highest BCUT2D eigenvalue weighted by molar-refractivity contribution is 7.09. The summed E-state index contributed by atoms with van der Waals surface area (Å²) in [5, 5.41) is 9.19. The number of hydrogen-bond donors (Lipinski definition) is 2. The molecule has 0 radical (unpaired) electrons. The first-order valence-electron chi connectivity index (χ1n) is 10.8. The summed E-state index contributed by atoms with van der Waals surface area (Å²) in [6.07, 6.45) is 2.59. The average molecular weight is 408 g/mol. The van der Waals surface area contributed by atoms with E-state index in [4.69, 9.17) is 9.73 Å². The molecule has 2 saturated heterocycles. The van der Waals surface area contributed by atoms with Gasteiger partial charge in [-0.25, -0.2) is 0 Å². The van der Waals surface area contributed by atoms with Crippen molar-refractivity contribution in [1.82, 2.24) is 20.4 Å². The van der Waals surface area contributed by atoms with Crippen molar-refractivity contribution in [2.24, 2.45) is 10.9 Å². The minimum atomic E-state index is 0.454. The number of thiophene rings is 1. The van der Waals surface area contributed by atoms with Crippen LogP contribution in [-0.4, -0.2) is 80.8 Å². The maximum atomic E-state index is 5.46. The van der Waals surface area contributed by atoms with E-state index in [2.05, 4.69) is 51.8 Å². The van der Waals surface area contributed by atoms with Crippen molar-refractivity contribution >= 4 is 17.3 Å². The first-order valence-corrected chi connectivity index (χ1v) is 11.7. The van der Waals surface area contributed by atoms with Crippen LogP contribution in [-0.2, 0) is 11.3 Å². The van der Waals surface area contributed by atoms with Gasteiger partial charge in [-0.1, -0.05) is 6.07 Å². The SMILES string of the molecule is CCNC(=NCC(C)N1CCOCC1)NCC1CCCN(Cc2cccs2)C1. The highest BCUT2D eigenvalue weighted by Gasteiger charge is 2.21. The van der Waals surface area contributed by atoms with Crippen molar-refractivity contribution in [1.29, 1.82) is 0 Å². The molecule has 7 heteroatoms. The Kier molecular flexibility index (Phi) is 9.05. The fourth-order valence-electron chi connectivity index (χ4n) is 4.02. The number of nitrogens with one attached hydrogen (secondary N) is 2. The van der Waals surface area contributed by atoms with Crippen LogP contribution >= 0.6 is 11.3 Å². The fraction of sp³-hybridized carbons (Fsp3) is 0.762. The molecule has 2 aliphatic heterocycles. The van der Waals surface area contributed by atoms with Crippen LogP contribution in [0, 0.1) is 5.92 Å². The molecule has 1 aromatic rings. The van der Waals surface area contributed by atoms with Gasteiger partial charge in [0.1, 0.15) is 0 Å². The predicted molar refractivity (Wildman–Crippen MR) is 118 cm³/mol. The van der Waals surface area contributed by atoms with Crippen LogP contribution in [0.3, 0.4) is 0 Å². The van der Waals surface area contributed by atoms with E-state index in [0.717, 1.165) is 58.4 Å². The smallest absolute Gasteiger partial charge is 0.191 e. The Hall–Kier alpha value is -1.15. The second-order valence-electron chi connectivity index (χ2n) is 7.92. The monoisotopic (exact) mass is 407 g/mol. The molecule has 0 saturated carbocycles. The summed E-state index contributed by atoms with van der Waals surface area (Å²) in [7, 11) is 0. The zero-order valence-electron chi connectivity index (χ0n) is 17.5. The van der Waals surface area contributed by atoms with E-state index in [1.165, 1.54) is 30.8 Å². The lowest BCUT2D eigenvalue weighted by Gasteiger charge is -2.33. The van der Waals surface area contributed by atoms with Crippen LogP contribution in [0.2, 0.25) is 0 Å². The number of aliphatic imine (C=N–C) groups is 1. The van der Waals surface area contributed by atoms with Crippen molar-refractivity contribution in [2.45, 2.75) is 39.3 Å². The van der Waals surface area contributed by atoms with Gasteiger partial charge >= 0.3 is 0 Å². The Labute approximate surface area is 174 Å². The summed E-state index contributed by atoms with van der Waals surface area (Å²) in [6, 6.07) is 4.85. The van der Waals surface area contributed by atoms with Gasteiger partial charge in [-0.15, -0.1) is 11.3 Å². The molecule has 2 N–H and O–H groups in total. The van der Waals surface area contributed by atoms with Crippen molar-refractivity contribution in [3.05, 3.63) is 22.4 Å². The zero-order chi connectivity index (χ0) is 19.6. The highest BCUT2D eigenvalue weighted by Crippen LogP contribution is 2.20. The molecule has 2 unspecified atom stereocenters. The van der Waals surface area contributed by atoms with Crippen molar-refractivity contribution in [2.75, 3.05) is 59.0 Å². The largest absolute Gasteiger partial charge is 0.379 e. The van der Waals surface area contributed by atoms with E-state index < -0.39 is 0 Å².